The van der Waals surface area contributed by atoms with Crippen LogP contribution < -0.4 is 4.18 Å². The summed E-state index contributed by atoms with van der Waals surface area (Å²) in [4.78, 5) is 0.0189. The number of rotatable bonds is 3. The number of hydrogen-bond acceptors (Lipinski definition) is 4. The normalized spacial score (nSPS) is 10.7. The van der Waals surface area contributed by atoms with Crippen molar-refractivity contribution in [3.05, 3.63) is 57.7 Å². The SMILES string of the molecule is N#Cc1ccc(S(=O)(=O)Oc2cccc(I)c2)cc1. The first-order valence-corrected chi connectivity index (χ1v) is 7.70. The summed E-state index contributed by atoms with van der Waals surface area (Å²) in [6.45, 7) is 0. The second-order valence-electron chi connectivity index (χ2n) is 3.63. The molecule has 0 aliphatic carbocycles. The summed E-state index contributed by atoms with van der Waals surface area (Å²) in [6, 6.07) is 14.2. The second kappa shape index (κ2) is 5.59. The molecule has 2 aromatic rings. The van der Waals surface area contributed by atoms with E-state index >= 15 is 0 Å². The molecule has 0 saturated heterocycles. The Morgan fingerprint density at radius 1 is 1.11 bits per heavy atom. The molecule has 0 aliphatic rings. The molecule has 96 valence electrons. The first-order valence-electron chi connectivity index (χ1n) is 5.21. The Morgan fingerprint density at radius 2 is 1.79 bits per heavy atom. The average molecular weight is 385 g/mol. The Morgan fingerprint density at radius 3 is 2.37 bits per heavy atom. The van der Waals surface area contributed by atoms with Crippen LogP contribution >= 0.6 is 22.6 Å². The van der Waals surface area contributed by atoms with Gasteiger partial charge in [0.05, 0.1) is 11.6 Å². The van der Waals surface area contributed by atoms with Gasteiger partial charge < -0.3 is 4.18 Å². The molecule has 0 amide bonds. The van der Waals surface area contributed by atoms with E-state index in [0.29, 0.717) is 5.56 Å². The molecular formula is C13H8INO3S. The minimum Gasteiger partial charge on any atom is -0.379 e. The fourth-order valence-corrected chi connectivity index (χ4v) is 2.83. The Bertz CT molecular complexity index is 733. The molecule has 4 nitrogen and oxygen atoms in total. The summed E-state index contributed by atoms with van der Waals surface area (Å²) >= 11 is 2.07. The highest BCUT2D eigenvalue weighted by Crippen LogP contribution is 2.20. The molecule has 2 rings (SSSR count). The minimum atomic E-state index is -3.87. The average Bonchev–Trinajstić information content (AvgIpc) is 2.38. The van der Waals surface area contributed by atoms with Gasteiger partial charge in [-0.25, -0.2) is 0 Å². The molecule has 0 fully saturated rings. The number of nitrogens with zero attached hydrogens (tertiary/aromatic N) is 1. The summed E-state index contributed by atoms with van der Waals surface area (Å²) < 4.78 is 29.9. The van der Waals surface area contributed by atoms with Crippen LogP contribution in [0.2, 0.25) is 0 Å². The van der Waals surface area contributed by atoms with Crippen LogP contribution in [0.3, 0.4) is 0 Å². The maximum absolute atomic E-state index is 12.0. The van der Waals surface area contributed by atoms with E-state index in [2.05, 4.69) is 22.6 Å². The van der Waals surface area contributed by atoms with Crippen LogP contribution in [0.1, 0.15) is 5.56 Å². The smallest absolute Gasteiger partial charge is 0.339 e. The number of hydrogen-bond donors (Lipinski definition) is 0. The van der Waals surface area contributed by atoms with E-state index in [-0.39, 0.29) is 10.6 Å². The summed E-state index contributed by atoms with van der Waals surface area (Å²) in [5.74, 6) is 0.260. The molecule has 0 aromatic heterocycles. The Hall–Kier alpha value is -1.59. The van der Waals surface area contributed by atoms with Crippen LogP contribution in [0, 0.1) is 14.9 Å². The first-order chi connectivity index (χ1) is 9.01. The van der Waals surface area contributed by atoms with E-state index in [1.165, 1.54) is 24.3 Å². The van der Waals surface area contributed by atoms with Gasteiger partial charge in [-0.3, -0.25) is 0 Å². The first kappa shape index (κ1) is 13.8. The lowest BCUT2D eigenvalue weighted by Gasteiger charge is -2.07. The van der Waals surface area contributed by atoms with Crippen molar-refractivity contribution in [3.8, 4) is 11.8 Å². The van der Waals surface area contributed by atoms with E-state index < -0.39 is 10.1 Å². The van der Waals surface area contributed by atoms with Gasteiger partial charge in [-0.2, -0.15) is 13.7 Å². The third kappa shape index (κ3) is 3.45. The lowest BCUT2D eigenvalue weighted by molar-refractivity contribution is 0.486. The molecule has 0 heterocycles. The van der Waals surface area contributed by atoms with E-state index in [0.717, 1.165) is 3.57 Å². The van der Waals surface area contributed by atoms with Gasteiger partial charge in [0.25, 0.3) is 0 Å². The fraction of sp³-hybridized carbons (Fsp3) is 0. The Balaban J connectivity index is 2.30. The summed E-state index contributed by atoms with van der Waals surface area (Å²) in [6.07, 6.45) is 0. The van der Waals surface area contributed by atoms with Gasteiger partial charge >= 0.3 is 10.1 Å². The van der Waals surface area contributed by atoms with Crippen molar-refractivity contribution >= 4 is 32.7 Å². The van der Waals surface area contributed by atoms with Crippen molar-refractivity contribution < 1.29 is 12.6 Å². The minimum absolute atomic E-state index is 0.0189. The molecule has 0 spiro atoms. The molecule has 19 heavy (non-hydrogen) atoms. The second-order valence-corrected chi connectivity index (χ2v) is 6.42. The Labute approximate surface area is 124 Å². The molecule has 0 radical (unpaired) electrons. The molecule has 0 aliphatic heterocycles. The molecule has 0 N–H and O–H groups in total. The largest absolute Gasteiger partial charge is 0.379 e. The zero-order valence-corrected chi connectivity index (χ0v) is 12.6. The standard InChI is InChI=1S/C13H8INO3S/c14-11-2-1-3-12(8-11)18-19(16,17)13-6-4-10(9-15)5-7-13/h1-8H. The maximum atomic E-state index is 12.0. The number of nitriles is 1. The van der Waals surface area contributed by atoms with E-state index in [4.69, 9.17) is 9.44 Å². The van der Waals surface area contributed by atoms with Gasteiger partial charge in [0.15, 0.2) is 0 Å². The summed E-state index contributed by atoms with van der Waals surface area (Å²) in [5.41, 5.74) is 0.396. The van der Waals surface area contributed by atoms with E-state index in [1.807, 2.05) is 12.1 Å². The maximum Gasteiger partial charge on any atom is 0.339 e. The summed E-state index contributed by atoms with van der Waals surface area (Å²) in [7, 11) is -3.87. The van der Waals surface area contributed by atoms with E-state index in [1.54, 1.807) is 18.2 Å². The van der Waals surface area contributed by atoms with Crippen molar-refractivity contribution in [2.45, 2.75) is 4.90 Å². The van der Waals surface area contributed by atoms with Gasteiger partial charge in [-0.05, 0) is 65.1 Å². The molecule has 0 atom stereocenters. The van der Waals surface area contributed by atoms with Crippen LogP contribution in [0.4, 0.5) is 0 Å². The zero-order valence-electron chi connectivity index (χ0n) is 9.58. The predicted molar refractivity (Wildman–Crippen MR) is 78.1 cm³/mol. The highest BCUT2D eigenvalue weighted by atomic mass is 127. The van der Waals surface area contributed by atoms with Crippen molar-refractivity contribution in [1.82, 2.24) is 0 Å². The van der Waals surface area contributed by atoms with Crippen molar-refractivity contribution in [2.75, 3.05) is 0 Å². The molecule has 6 heteroatoms. The molecular weight excluding hydrogens is 377 g/mol. The van der Waals surface area contributed by atoms with Crippen molar-refractivity contribution in [3.63, 3.8) is 0 Å². The molecule has 0 bridgehead atoms. The van der Waals surface area contributed by atoms with Crippen molar-refractivity contribution in [1.29, 1.82) is 5.26 Å². The Kier molecular flexibility index (Phi) is 4.07. The third-order valence-corrected chi connectivity index (χ3v) is 4.21. The van der Waals surface area contributed by atoms with Gasteiger partial charge in [-0.15, -0.1) is 0 Å². The lowest BCUT2D eigenvalue weighted by atomic mass is 10.2. The zero-order chi connectivity index (χ0) is 13.9. The van der Waals surface area contributed by atoms with Gasteiger partial charge in [0, 0.05) is 3.57 Å². The summed E-state index contributed by atoms with van der Waals surface area (Å²) in [5, 5.41) is 8.67. The fourth-order valence-electron chi connectivity index (χ4n) is 1.39. The third-order valence-electron chi connectivity index (χ3n) is 2.27. The predicted octanol–water partition coefficient (Wildman–Crippen LogP) is 2.93. The molecule has 0 saturated carbocycles. The van der Waals surface area contributed by atoms with Gasteiger partial charge in [-0.1, -0.05) is 6.07 Å². The van der Waals surface area contributed by atoms with Crippen LogP contribution in [-0.4, -0.2) is 8.42 Å². The number of benzene rings is 2. The highest BCUT2D eigenvalue weighted by Gasteiger charge is 2.16. The van der Waals surface area contributed by atoms with Crippen LogP contribution in [0.25, 0.3) is 0 Å². The van der Waals surface area contributed by atoms with Gasteiger partial charge in [0.1, 0.15) is 10.6 Å². The number of halogens is 1. The highest BCUT2D eigenvalue weighted by molar-refractivity contribution is 14.1. The van der Waals surface area contributed by atoms with Crippen LogP contribution in [-0.2, 0) is 10.1 Å². The monoisotopic (exact) mass is 385 g/mol. The van der Waals surface area contributed by atoms with Gasteiger partial charge in [0.2, 0.25) is 0 Å². The van der Waals surface area contributed by atoms with Crippen LogP contribution in [0.5, 0.6) is 5.75 Å². The quantitative estimate of drug-likeness (QED) is 0.602. The van der Waals surface area contributed by atoms with Crippen LogP contribution in [0.15, 0.2) is 53.4 Å². The molecule has 0 unspecified atom stereocenters. The molecule has 2 aromatic carbocycles. The topological polar surface area (TPSA) is 67.2 Å². The lowest BCUT2D eigenvalue weighted by Crippen LogP contribution is -2.09. The van der Waals surface area contributed by atoms with Crippen molar-refractivity contribution in [2.24, 2.45) is 0 Å². The van der Waals surface area contributed by atoms with E-state index in [9.17, 15) is 8.42 Å².